The summed E-state index contributed by atoms with van der Waals surface area (Å²) in [7, 11) is 0. The van der Waals surface area contributed by atoms with Crippen LogP contribution >= 0.6 is 22.6 Å². The van der Waals surface area contributed by atoms with Crippen LogP contribution in [0.3, 0.4) is 0 Å². The van der Waals surface area contributed by atoms with Crippen LogP contribution in [-0.2, 0) is 25.7 Å². The van der Waals surface area contributed by atoms with Crippen molar-refractivity contribution < 1.29 is 0 Å². The van der Waals surface area contributed by atoms with Crippen molar-refractivity contribution in [2.75, 3.05) is 0 Å². The van der Waals surface area contributed by atoms with Gasteiger partial charge < -0.3 is 0 Å². The third-order valence-corrected chi connectivity index (χ3v) is 5.33. The van der Waals surface area contributed by atoms with Gasteiger partial charge in [0.25, 0.3) is 0 Å². The molecule has 0 saturated heterocycles. The summed E-state index contributed by atoms with van der Waals surface area (Å²) in [5.74, 6) is 0. The van der Waals surface area contributed by atoms with Gasteiger partial charge in [-0.3, -0.25) is 10.2 Å². The maximum absolute atomic E-state index is 4.20. The van der Waals surface area contributed by atoms with Crippen LogP contribution in [-0.4, -0.2) is 20.4 Å². The van der Waals surface area contributed by atoms with Crippen molar-refractivity contribution in [1.29, 1.82) is 0 Å². The number of hydrogen-bond donors (Lipinski definition) is 2. The van der Waals surface area contributed by atoms with E-state index in [1.54, 1.807) is 0 Å². The lowest BCUT2D eigenvalue weighted by Gasteiger charge is -1.94. The second-order valence-corrected chi connectivity index (χ2v) is 6.99. The topological polar surface area (TPSA) is 57.4 Å². The zero-order valence-corrected chi connectivity index (χ0v) is 14.6. The van der Waals surface area contributed by atoms with Crippen molar-refractivity contribution in [2.24, 2.45) is 0 Å². The van der Waals surface area contributed by atoms with Crippen molar-refractivity contribution in [3.05, 3.63) is 32.4 Å². The first kappa shape index (κ1) is 15.1. The van der Waals surface area contributed by atoms with Crippen LogP contribution < -0.4 is 0 Å². The highest BCUT2D eigenvalue weighted by molar-refractivity contribution is 14.1. The zero-order chi connectivity index (χ0) is 14.5. The molecular formula is C16H23IN4. The molecule has 2 aliphatic rings. The normalized spacial score (nSPS) is 17.8. The SMILES string of the molecule is Ic1n[nH]c2c1CCCCC2.c1n[nH]c2c1CCCCC2. The van der Waals surface area contributed by atoms with Crippen LogP contribution in [0.1, 0.15) is 61.0 Å². The lowest BCUT2D eigenvalue weighted by molar-refractivity contribution is 0.701. The summed E-state index contributed by atoms with van der Waals surface area (Å²) >= 11 is 2.31. The van der Waals surface area contributed by atoms with E-state index in [4.69, 9.17) is 0 Å². The third kappa shape index (κ3) is 3.87. The number of hydrogen-bond acceptors (Lipinski definition) is 2. The molecule has 2 aliphatic carbocycles. The lowest BCUT2D eigenvalue weighted by atomic mass is 10.2. The maximum Gasteiger partial charge on any atom is 0.126 e. The minimum absolute atomic E-state index is 1.18. The Hall–Kier alpha value is -0.850. The lowest BCUT2D eigenvalue weighted by Crippen LogP contribution is -1.87. The largest absolute Gasteiger partial charge is 0.282 e. The van der Waals surface area contributed by atoms with E-state index < -0.39 is 0 Å². The fraction of sp³-hybridized carbons (Fsp3) is 0.625. The molecule has 0 bridgehead atoms. The van der Waals surface area contributed by atoms with E-state index in [2.05, 4.69) is 43.0 Å². The number of aryl methyl sites for hydroxylation is 3. The van der Waals surface area contributed by atoms with Crippen molar-refractivity contribution in [3.8, 4) is 0 Å². The van der Waals surface area contributed by atoms with E-state index in [9.17, 15) is 0 Å². The first-order valence-electron chi connectivity index (χ1n) is 8.07. The van der Waals surface area contributed by atoms with Gasteiger partial charge >= 0.3 is 0 Å². The van der Waals surface area contributed by atoms with Gasteiger partial charge in [0, 0.05) is 17.0 Å². The molecule has 2 aromatic heterocycles. The molecule has 4 nitrogen and oxygen atoms in total. The van der Waals surface area contributed by atoms with Gasteiger partial charge in [0.2, 0.25) is 0 Å². The molecule has 114 valence electrons. The summed E-state index contributed by atoms with van der Waals surface area (Å²) in [6.45, 7) is 0. The molecule has 0 spiro atoms. The number of aromatic nitrogens is 4. The molecule has 5 heteroatoms. The molecule has 4 rings (SSSR count). The highest BCUT2D eigenvalue weighted by Crippen LogP contribution is 2.22. The molecule has 0 aliphatic heterocycles. The van der Waals surface area contributed by atoms with Gasteiger partial charge in [-0.2, -0.15) is 10.2 Å². The number of aromatic amines is 2. The van der Waals surface area contributed by atoms with Gasteiger partial charge in [-0.1, -0.05) is 12.8 Å². The van der Waals surface area contributed by atoms with Crippen LogP contribution in [0, 0.1) is 3.70 Å². The van der Waals surface area contributed by atoms with Gasteiger partial charge in [0.15, 0.2) is 0 Å². The smallest absolute Gasteiger partial charge is 0.126 e. The average Bonchev–Trinajstić information content (AvgIpc) is 2.91. The zero-order valence-electron chi connectivity index (χ0n) is 12.4. The van der Waals surface area contributed by atoms with E-state index in [1.165, 1.54) is 90.4 Å². The van der Waals surface area contributed by atoms with Gasteiger partial charge in [0.1, 0.15) is 3.70 Å². The number of rotatable bonds is 0. The Bertz CT molecular complexity index is 552. The standard InChI is InChI=1S/C8H11IN2.C8H12N2/c9-8-6-4-2-1-3-5-7(6)10-11-8;1-2-4-7-6-9-10-8(7)5-3-1/h1-5H2,(H,10,11);6H,1-5H2,(H,9,10). The Kier molecular flexibility index (Phi) is 5.32. The first-order chi connectivity index (χ1) is 10.3. The maximum atomic E-state index is 4.20. The molecule has 0 radical (unpaired) electrons. The number of H-pyrrole nitrogens is 2. The quantitative estimate of drug-likeness (QED) is 0.521. The molecule has 21 heavy (non-hydrogen) atoms. The molecule has 2 N–H and O–H groups in total. The number of nitrogens with zero attached hydrogens (tertiary/aromatic N) is 2. The summed E-state index contributed by atoms with van der Waals surface area (Å²) in [5.41, 5.74) is 5.67. The monoisotopic (exact) mass is 398 g/mol. The Balaban J connectivity index is 0.000000126. The Morgan fingerprint density at radius 2 is 1.52 bits per heavy atom. The summed E-state index contributed by atoms with van der Waals surface area (Å²) in [4.78, 5) is 0. The molecule has 2 aromatic rings. The molecule has 0 saturated carbocycles. The second kappa shape index (κ2) is 7.42. The molecule has 0 amide bonds. The van der Waals surface area contributed by atoms with Crippen molar-refractivity contribution >= 4 is 22.6 Å². The number of nitrogens with one attached hydrogen (secondary N) is 2. The van der Waals surface area contributed by atoms with Crippen molar-refractivity contribution in [3.63, 3.8) is 0 Å². The minimum Gasteiger partial charge on any atom is -0.282 e. The minimum atomic E-state index is 1.18. The predicted octanol–water partition coefficient (Wildman–Crippen LogP) is 3.96. The van der Waals surface area contributed by atoms with Crippen LogP contribution in [0.2, 0.25) is 0 Å². The van der Waals surface area contributed by atoms with Gasteiger partial charge in [-0.25, -0.2) is 0 Å². The first-order valence-corrected chi connectivity index (χ1v) is 9.15. The molecule has 0 atom stereocenters. The molecule has 0 aromatic carbocycles. The van der Waals surface area contributed by atoms with E-state index >= 15 is 0 Å². The van der Waals surface area contributed by atoms with Crippen molar-refractivity contribution in [2.45, 2.75) is 64.2 Å². The van der Waals surface area contributed by atoms with Crippen LogP contribution in [0.15, 0.2) is 6.20 Å². The fourth-order valence-electron chi connectivity index (χ4n) is 3.18. The third-order valence-electron chi connectivity index (χ3n) is 4.44. The highest BCUT2D eigenvalue weighted by atomic mass is 127. The predicted molar refractivity (Wildman–Crippen MR) is 92.4 cm³/mol. The summed E-state index contributed by atoms with van der Waals surface area (Å²) < 4.78 is 1.18. The fourth-order valence-corrected chi connectivity index (χ4v) is 3.90. The average molecular weight is 398 g/mol. The Morgan fingerprint density at radius 1 is 0.810 bits per heavy atom. The Labute approximate surface area is 139 Å². The molecular weight excluding hydrogens is 375 g/mol. The van der Waals surface area contributed by atoms with E-state index in [1.807, 2.05) is 6.20 Å². The molecule has 0 unspecified atom stereocenters. The van der Waals surface area contributed by atoms with Gasteiger partial charge in [-0.05, 0) is 79.5 Å². The van der Waals surface area contributed by atoms with E-state index in [0.29, 0.717) is 0 Å². The van der Waals surface area contributed by atoms with E-state index in [-0.39, 0.29) is 0 Å². The van der Waals surface area contributed by atoms with Gasteiger partial charge in [0.05, 0.1) is 6.20 Å². The summed E-state index contributed by atoms with van der Waals surface area (Å²) in [6, 6.07) is 0. The van der Waals surface area contributed by atoms with Crippen LogP contribution in [0.25, 0.3) is 0 Å². The Morgan fingerprint density at radius 3 is 2.38 bits per heavy atom. The highest BCUT2D eigenvalue weighted by Gasteiger charge is 2.13. The number of fused-ring (bicyclic) bond motifs is 2. The number of halogens is 1. The molecule has 0 fully saturated rings. The summed E-state index contributed by atoms with van der Waals surface area (Å²) in [6.07, 6.45) is 14.9. The second-order valence-electron chi connectivity index (χ2n) is 5.97. The van der Waals surface area contributed by atoms with Crippen molar-refractivity contribution in [1.82, 2.24) is 20.4 Å². The van der Waals surface area contributed by atoms with Gasteiger partial charge in [-0.15, -0.1) is 0 Å². The van der Waals surface area contributed by atoms with E-state index in [0.717, 1.165) is 0 Å². The van der Waals surface area contributed by atoms with Crippen LogP contribution in [0.5, 0.6) is 0 Å². The molecule has 2 heterocycles. The summed E-state index contributed by atoms with van der Waals surface area (Å²) in [5, 5.41) is 14.4. The van der Waals surface area contributed by atoms with Crippen LogP contribution in [0.4, 0.5) is 0 Å².